The van der Waals surface area contributed by atoms with E-state index in [0.717, 1.165) is 36.7 Å². The fraction of sp³-hybridized carbons (Fsp3) is 0.400. The zero-order valence-corrected chi connectivity index (χ0v) is 14.6. The molecule has 2 rings (SSSR count). The van der Waals surface area contributed by atoms with E-state index in [1.807, 2.05) is 6.92 Å². The van der Waals surface area contributed by atoms with E-state index in [0.29, 0.717) is 17.4 Å². The Hall–Kier alpha value is -2.43. The number of halogens is 3. The lowest BCUT2D eigenvalue weighted by Crippen LogP contribution is -2.19. The van der Waals surface area contributed by atoms with Crippen LogP contribution in [0.25, 0.3) is 0 Å². The van der Waals surface area contributed by atoms with E-state index in [-0.39, 0.29) is 23.1 Å². The predicted molar refractivity (Wildman–Crippen MR) is 90.2 cm³/mol. The molecule has 1 amide bonds. The number of hydrogen-bond acceptors (Lipinski definition) is 5. The van der Waals surface area contributed by atoms with Crippen molar-refractivity contribution in [3.05, 3.63) is 34.7 Å². The molecule has 0 aliphatic heterocycles. The third-order valence-corrected chi connectivity index (χ3v) is 4.14. The van der Waals surface area contributed by atoms with Gasteiger partial charge in [0, 0.05) is 12.2 Å². The maximum Gasteiger partial charge on any atom is 0.573 e. The first-order valence-electron chi connectivity index (χ1n) is 7.72. The van der Waals surface area contributed by atoms with Gasteiger partial charge in [-0.15, -0.1) is 18.3 Å². The first kappa shape index (κ1) is 19.9. The zero-order chi connectivity index (χ0) is 19.2. The van der Waals surface area contributed by atoms with Crippen LogP contribution in [0.15, 0.2) is 34.2 Å². The van der Waals surface area contributed by atoms with Crippen molar-refractivity contribution in [1.29, 1.82) is 0 Å². The predicted octanol–water partition coefficient (Wildman–Crippen LogP) is 3.00. The summed E-state index contributed by atoms with van der Waals surface area (Å²) in [7, 11) is 0. The summed E-state index contributed by atoms with van der Waals surface area (Å²) in [4.78, 5) is 23.6. The van der Waals surface area contributed by atoms with Gasteiger partial charge in [0.15, 0.2) is 5.16 Å². The molecule has 11 heteroatoms. The third kappa shape index (κ3) is 6.14. The Bertz CT molecular complexity index is 787. The summed E-state index contributed by atoms with van der Waals surface area (Å²) >= 11 is 1.09. The van der Waals surface area contributed by atoms with Crippen molar-refractivity contribution in [3.8, 4) is 5.75 Å². The first-order valence-corrected chi connectivity index (χ1v) is 8.70. The lowest BCUT2D eigenvalue weighted by molar-refractivity contribution is -0.274. The summed E-state index contributed by atoms with van der Waals surface area (Å²) < 4.78 is 41.5. The molecule has 0 saturated carbocycles. The van der Waals surface area contributed by atoms with Crippen molar-refractivity contribution in [2.24, 2.45) is 0 Å². The molecular weight excluding hydrogens is 373 g/mol. The van der Waals surface area contributed by atoms with Crippen LogP contribution in [0.2, 0.25) is 0 Å². The molecule has 1 heterocycles. The number of aromatic nitrogens is 3. The number of H-pyrrole nitrogens is 1. The van der Waals surface area contributed by atoms with Crippen LogP contribution in [0.4, 0.5) is 18.9 Å². The number of carbonyl (C=O) groups excluding carboxylic acids is 1. The van der Waals surface area contributed by atoms with Crippen LogP contribution < -0.4 is 15.7 Å². The lowest BCUT2D eigenvalue weighted by atomic mass is 10.3. The number of anilines is 1. The summed E-state index contributed by atoms with van der Waals surface area (Å²) in [5.41, 5.74) is -0.00265. The molecule has 0 spiro atoms. The number of nitrogens with one attached hydrogen (secondary N) is 2. The Morgan fingerprint density at radius 1 is 1.35 bits per heavy atom. The standard InChI is InChI=1S/C15H17F3N4O3S/c1-2-3-8-22-13(24)20-21-14(22)26-9-12(23)19-10-4-6-11(7-5-10)25-15(16,17)18/h4-7H,2-3,8-9H2,1H3,(H,19,23)(H,20,24). The van der Waals surface area contributed by atoms with Crippen LogP contribution in [0.1, 0.15) is 19.8 Å². The highest BCUT2D eigenvalue weighted by Gasteiger charge is 2.30. The number of amides is 1. The van der Waals surface area contributed by atoms with Crippen LogP contribution in [0.3, 0.4) is 0 Å². The van der Waals surface area contributed by atoms with E-state index in [9.17, 15) is 22.8 Å². The van der Waals surface area contributed by atoms with Crippen molar-refractivity contribution >= 4 is 23.4 Å². The number of rotatable bonds is 8. The highest BCUT2D eigenvalue weighted by atomic mass is 32.2. The SMILES string of the molecule is CCCCn1c(SCC(=O)Nc2ccc(OC(F)(F)F)cc2)n[nH]c1=O. The fourth-order valence-corrected chi connectivity index (χ4v) is 2.77. The van der Waals surface area contributed by atoms with Crippen molar-refractivity contribution in [2.75, 3.05) is 11.1 Å². The highest BCUT2D eigenvalue weighted by molar-refractivity contribution is 7.99. The average Bonchev–Trinajstić information content (AvgIpc) is 2.91. The lowest BCUT2D eigenvalue weighted by Gasteiger charge is -2.10. The van der Waals surface area contributed by atoms with E-state index in [1.54, 1.807) is 0 Å². The first-order chi connectivity index (χ1) is 12.3. The summed E-state index contributed by atoms with van der Waals surface area (Å²) in [6.45, 7) is 2.51. The van der Waals surface area contributed by atoms with Crippen molar-refractivity contribution < 1.29 is 22.7 Å². The Morgan fingerprint density at radius 3 is 2.65 bits per heavy atom. The maximum absolute atomic E-state index is 12.1. The van der Waals surface area contributed by atoms with Crippen LogP contribution in [-0.4, -0.2) is 32.8 Å². The molecule has 26 heavy (non-hydrogen) atoms. The van der Waals surface area contributed by atoms with Crippen LogP contribution in [0, 0.1) is 0 Å². The van der Waals surface area contributed by atoms with Gasteiger partial charge in [-0.05, 0) is 30.7 Å². The van der Waals surface area contributed by atoms with E-state index in [2.05, 4.69) is 20.3 Å². The normalized spacial score (nSPS) is 11.4. The van der Waals surface area contributed by atoms with Gasteiger partial charge in [0.1, 0.15) is 5.75 Å². The molecule has 1 aromatic carbocycles. The minimum absolute atomic E-state index is 0.00276. The molecule has 142 valence electrons. The van der Waals surface area contributed by atoms with Gasteiger partial charge in [0.05, 0.1) is 5.75 Å². The van der Waals surface area contributed by atoms with Gasteiger partial charge in [-0.25, -0.2) is 9.89 Å². The summed E-state index contributed by atoms with van der Waals surface area (Å²) in [6, 6.07) is 4.81. The van der Waals surface area contributed by atoms with Gasteiger partial charge in [0.25, 0.3) is 0 Å². The molecule has 0 unspecified atom stereocenters. The minimum Gasteiger partial charge on any atom is -0.406 e. The van der Waals surface area contributed by atoms with Gasteiger partial charge in [-0.2, -0.15) is 0 Å². The summed E-state index contributed by atoms with van der Waals surface area (Å²) in [6.07, 6.45) is -3.04. The van der Waals surface area contributed by atoms with E-state index in [1.165, 1.54) is 16.7 Å². The highest BCUT2D eigenvalue weighted by Crippen LogP contribution is 2.24. The summed E-state index contributed by atoms with van der Waals surface area (Å²) in [5.74, 6) is -0.754. The van der Waals surface area contributed by atoms with Crippen molar-refractivity contribution in [1.82, 2.24) is 14.8 Å². The molecule has 0 fully saturated rings. The van der Waals surface area contributed by atoms with Crippen molar-refractivity contribution in [3.63, 3.8) is 0 Å². The number of thioether (sulfide) groups is 1. The molecule has 0 atom stereocenters. The molecule has 0 saturated heterocycles. The van der Waals surface area contributed by atoms with Crippen LogP contribution in [0.5, 0.6) is 5.75 Å². The van der Waals surface area contributed by atoms with Gasteiger partial charge < -0.3 is 10.1 Å². The largest absolute Gasteiger partial charge is 0.573 e. The monoisotopic (exact) mass is 390 g/mol. The molecule has 0 radical (unpaired) electrons. The van der Waals surface area contributed by atoms with Crippen molar-refractivity contribution in [2.45, 2.75) is 37.8 Å². The van der Waals surface area contributed by atoms with E-state index >= 15 is 0 Å². The molecule has 0 bridgehead atoms. The molecule has 0 aliphatic rings. The summed E-state index contributed by atoms with van der Waals surface area (Å²) in [5, 5.41) is 9.18. The zero-order valence-electron chi connectivity index (χ0n) is 13.8. The molecule has 0 aliphatic carbocycles. The second-order valence-corrected chi connectivity index (χ2v) is 6.17. The Morgan fingerprint density at radius 2 is 2.04 bits per heavy atom. The number of aromatic amines is 1. The van der Waals surface area contributed by atoms with Crippen LogP contribution >= 0.6 is 11.8 Å². The van der Waals surface area contributed by atoms with Gasteiger partial charge in [-0.3, -0.25) is 9.36 Å². The third-order valence-electron chi connectivity index (χ3n) is 3.16. The van der Waals surface area contributed by atoms with Gasteiger partial charge in [-0.1, -0.05) is 25.1 Å². The maximum atomic E-state index is 12.1. The Labute approximate surface area is 150 Å². The van der Waals surface area contributed by atoms with E-state index in [4.69, 9.17) is 0 Å². The number of unbranched alkanes of at least 4 members (excludes halogenated alkanes) is 1. The number of benzene rings is 1. The van der Waals surface area contributed by atoms with Gasteiger partial charge in [0.2, 0.25) is 5.91 Å². The van der Waals surface area contributed by atoms with E-state index < -0.39 is 6.36 Å². The Balaban J connectivity index is 1.88. The molecular formula is C15H17F3N4O3S. The average molecular weight is 390 g/mol. The molecule has 2 N–H and O–H groups in total. The molecule has 2 aromatic rings. The Kier molecular flexibility index (Phi) is 6.72. The number of hydrogen-bond donors (Lipinski definition) is 2. The second kappa shape index (κ2) is 8.79. The minimum atomic E-state index is -4.77. The number of nitrogens with zero attached hydrogens (tertiary/aromatic N) is 2. The molecule has 1 aromatic heterocycles. The van der Waals surface area contributed by atoms with Gasteiger partial charge >= 0.3 is 12.1 Å². The second-order valence-electron chi connectivity index (χ2n) is 5.23. The molecule has 7 nitrogen and oxygen atoms in total. The number of ether oxygens (including phenoxy) is 1. The number of carbonyl (C=O) groups is 1. The topological polar surface area (TPSA) is 89.0 Å². The van der Waals surface area contributed by atoms with Crippen LogP contribution in [-0.2, 0) is 11.3 Å². The fourth-order valence-electron chi connectivity index (χ4n) is 1.99. The smallest absolute Gasteiger partial charge is 0.406 e. The number of alkyl halides is 3. The quantitative estimate of drug-likeness (QED) is 0.677.